The van der Waals surface area contributed by atoms with Gasteiger partial charge in [0.1, 0.15) is 17.2 Å². The van der Waals surface area contributed by atoms with E-state index in [9.17, 15) is 18.0 Å². The second-order valence-electron chi connectivity index (χ2n) is 6.43. The predicted molar refractivity (Wildman–Crippen MR) is 74.8 cm³/mol. The number of fused-ring (bicyclic) bond motifs is 1. The Balaban J connectivity index is 2.52. The number of aromatic nitrogens is 2. The van der Waals surface area contributed by atoms with E-state index in [0.29, 0.717) is 4.68 Å². The van der Waals surface area contributed by atoms with Crippen molar-refractivity contribution in [2.24, 2.45) is 0 Å². The summed E-state index contributed by atoms with van der Waals surface area (Å²) in [7, 11) is 0. The second kappa shape index (κ2) is 5.44. The number of nitrogens with zero attached hydrogens (tertiary/aromatic N) is 4. The monoisotopic (exact) mass is 330 g/mol. The van der Waals surface area contributed by atoms with E-state index >= 15 is 0 Å². The largest absolute Gasteiger partial charge is 0.443 e. The lowest BCUT2D eigenvalue weighted by atomic mass is 10.0. The van der Waals surface area contributed by atoms with Crippen LogP contribution in [0.2, 0.25) is 0 Å². The van der Waals surface area contributed by atoms with Crippen LogP contribution in [0, 0.1) is 11.3 Å². The van der Waals surface area contributed by atoms with Crippen molar-refractivity contribution in [1.82, 2.24) is 9.78 Å². The first-order chi connectivity index (χ1) is 10.5. The average molecular weight is 330 g/mol. The van der Waals surface area contributed by atoms with Crippen molar-refractivity contribution in [2.75, 3.05) is 4.90 Å². The highest BCUT2D eigenvalue weighted by Crippen LogP contribution is 2.43. The Morgan fingerprint density at radius 2 is 2.04 bits per heavy atom. The third-order valence-corrected chi connectivity index (χ3v) is 3.39. The average Bonchev–Trinajstić information content (AvgIpc) is 2.77. The summed E-state index contributed by atoms with van der Waals surface area (Å²) in [5.74, 6) is -0.178. The molecule has 0 aromatic carbocycles. The smallest absolute Gasteiger partial charge is 0.416 e. The summed E-state index contributed by atoms with van der Waals surface area (Å²) < 4.78 is 45.6. The summed E-state index contributed by atoms with van der Waals surface area (Å²) in [6.07, 6.45) is -4.66. The molecular formula is C14H17F3N4O2. The van der Waals surface area contributed by atoms with E-state index in [1.165, 1.54) is 6.92 Å². The standard InChI is InChI=1S/C14H17F3N4O2/c1-8-5-10(14(15,16)17)21-11(9(6-18)7-19-21)20(8)12(22)23-13(2,3)4/h7-8,10H,5H2,1-4H3. The van der Waals surface area contributed by atoms with Crippen molar-refractivity contribution in [3.05, 3.63) is 11.8 Å². The number of hydrogen-bond acceptors (Lipinski definition) is 4. The van der Waals surface area contributed by atoms with Crippen LogP contribution in [0.5, 0.6) is 0 Å². The minimum Gasteiger partial charge on any atom is -0.443 e. The number of amides is 1. The zero-order valence-electron chi connectivity index (χ0n) is 13.2. The number of ether oxygens (including phenoxy) is 1. The number of nitriles is 1. The Bertz CT molecular complexity index is 654. The predicted octanol–water partition coefficient (Wildman–Crippen LogP) is 3.39. The topological polar surface area (TPSA) is 71.2 Å². The van der Waals surface area contributed by atoms with Gasteiger partial charge < -0.3 is 4.74 Å². The summed E-state index contributed by atoms with van der Waals surface area (Å²) in [4.78, 5) is 13.4. The van der Waals surface area contributed by atoms with Crippen LogP contribution in [0.4, 0.5) is 23.8 Å². The lowest BCUT2D eigenvalue weighted by Gasteiger charge is -2.39. The maximum Gasteiger partial charge on any atom is 0.416 e. The van der Waals surface area contributed by atoms with Gasteiger partial charge in [-0.05, 0) is 34.1 Å². The Labute approximate surface area is 131 Å². The van der Waals surface area contributed by atoms with Crippen LogP contribution in [-0.4, -0.2) is 33.7 Å². The zero-order chi connectivity index (χ0) is 17.6. The van der Waals surface area contributed by atoms with Crippen molar-refractivity contribution in [1.29, 1.82) is 5.26 Å². The maximum absolute atomic E-state index is 13.2. The van der Waals surface area contributed by atoms with Gasteiger partial charge in [0.2, 0.25) is 0 Å². The van der Waals surface area contributed by atoms with Gasteiger partial charge in [0, 0.05) is 6.04 Å². The van der Waals surface area contributed by atoms with E-state index < -0.39 is 30.0 Å². The van der Waals surface area contributed by atoms with Crippen molar-refractivity contribution >= 4 is 11.9 Å². The molecule has 2 unspecified atom stereocenters. The molecule has 1 aromatic rings. The van der Waals surface area contributed by atoms with E-state index in [0.717, 1.165) is 11.1 Å². The molecule has 1 amide bonds. The highest BCUT2D eigenvalue weighted by molar-refractivity contribution is 5.89. The molecule has 2 rings (SSSR count). The number of halogens is 3. The second-order valence-corrected chi connectivity index (χ2v) is 6.43. The summed E-state index contributed by atoms with van der Waals surface area (Å²) in [5, 5.41) is 12.8. The van der Waals surface area contributed by atoms with Crippen LogP contribution in [0.15, 0.2) is 6.20 Å². The summed E-state index contributed by atoms with van der Waals surface area (Å²) in [6, 6.07) is -0.890. The quantitative estimate of drug-likeness (QED) is 0.731. The van der Waals surface area contributed by atoms with Gasteiger partial charge in [0.05, 0.1) is 6.20 Å². The van der Waals surface area contributed by atoms with Crippen molar-refractivity contribution in [3.8, 4) is 6.07 Å². The molecule has 1 aliphatic rings. The summed E-state index contributed by atoms with van der Waals surface area (Å²) in [6.45, 7) is 6.45. The maximum atomic E-state index is 13.2. The van der Waals surface area contributed by atoms with Crippen molar-refractivity contribution < 1.29 is 22.7 Å². The van der Waals surface area contributed by atoms with E-state index in [1.54, 1.807) is 26.8 Å². The first kappa shape index (κ1) is 17.1. The van der Waals surface area contributed by atoms with E-state index in [4.69, 9.17) is 10.00 Å². The minimum atomic E-state index is -4.53. The van der Waals surface area contributed by atoms with Crippen LogP contribution in [0.3, 0.4) is 0 Å². The fourth-order valence-electron chi connectivity index (χ4n) is 2.49. The van der Waals surface area contributed by atoms with Crippen molar-refractivity contribution in [3.63, 3.8) is 0 Å². The molecule has 0 saturated carbocycles. The normalized spacial score (nSPS) is 21.6. The fraction of sp³-hybridized carbons (Fsp3) is 0.643. The molecule has 0 aliphatic carbocycles. The summed E-state index contributed by atoms with van der Waals surface area (Å²) in [5.41, 5.74) is -0.910. The molecule has 0 radical (unpaired) electrons. The van der Waals surface area contributed by atoms with Gasteiger partial charge in [-0.1, -0.05) is 0 Å². The third kappa shape index (κ3) is 3.25. The number of carbonyl (C=O) groups excluding carboxylic acids is 1. The number of rotatable bonds is 0. The molecule has 0 saturated heterocycles. The zero-order valence-corrected chi connectivity index (χ0v) is 13.2. The van der Waals surface area contributed by atoms with Gasteiger partial charge in [-0.3, -0.25) is 4.90 Å². The molecule has 1 aliphatic heterocycles. The van der Waals surface area contributed by atoms with Crippen molar-refractivity contribution in [2.45, 2.75) is 58.0 Å². The third-order valence-electron chi connectivity index (χ3n) is 3.39. The molecule has 1 aromatic heterocycles. The van der Waals surface area contributed by atoms with Crippen LogP contribution in [0.1, 0.15) is 45.7 Å². The van der Waals surface area contributed by atoms with Crippen LogP contribution >= 0.6 is 0 Å². The lowest BCUT2D eigenvalue weighted by molar-refractivity contribution is -0.174. The Kier molecular flexibility index (Phi) is 4.05. The number of carbonyl (C=O) groups is 1. The number of alkyl halides is 3. The molecule has 0 spiro atoms. The molecule has 2 atom stereocenters. The van der Waals surface area contributed by atoms with Gasteiger partial charge in [0.25, 0.3) is 0 Å². The molecular weight excluding hydrogens is 313 g/mol. The van der Waals surface area contributed by atoms with E-state index in [-0.39, 0.29) is 17.8 Å². The molecule has 6 nitrogen and oxygen atoms in total. The molecule has 9 heteroatoms. The van der Waals surface area contributed by atoms with Crippen LogP contribution < -0.4 is 4.90 Å². The molecule has 23 heavy (non-hydrogen) atoms. The van der Waals surface area contributed by atoms with Crippen LogP contribution in [0.25, 0.3) is 0 Å². The SMILES string of the molecule is CC1CC(C(F)(F)F)n2ncc(C#N)c2N1C(=O)OC(C)(C)C. The molecule has 0 bridgehead atoms. The highest BCUT2D eigenvalue weighted by Gasteiger charge is 2.49. The Morgan fingerprint density at radius 3 is 2.52 bits per heavy atom. The van der Waals surface area contributed by atoms with Gasteiger partial charge in [-0.25, -0.2) is 9.48 Å². The Morgan fingerprint density at radius 1 is 1.43 bits per heavy atom. The Hall–Kier alpha value is -2.24. The van der Waals surface area contributed by atoms with Gasteiger partial charge in [-0.2, -0.15) is 23.5 Å². The van der Waals surface area contributed by atoms with Gasteiger partial charge in [-0.15, -0.1) is 0 Å². The minimum absolute atomic E-state index is 0.100. The number of hydrogen-bond donors (Lipinski definition) is 0. The lowest BCUT2D eigenvalue weighted by Crippen LogP contribution is -2.50. The van der Waals surface area contributed by atoms with Crippen LogP contribution in [-0.2, 0) is 4.74 Å². The van der Waals surface area contributed by atoms with E-state index in [1.807, 2.05) is 0 Å². The first-order valence-corrected chi connectivity index (χ1v) is 7.02. The van der Waals surface area contributed by atoms with E-state index in [2.05, 4.69) is 5.10 Å². The van der Waals surface area contributed by atoms with Gasteiger partial charge in [0.15, 0.2) is 11.9 Å². The molecule has 0 fully saturated rings. The fourth-order valence-corrected chi connectivity index (χ4v) is 2.49. The number of anilines is 1. The highest BCUT2D eigenvalue weighted by atomic mass is 19.4. The molecule has 0 N–H and O–H groups in total. The molecule has 2 heterocycles. The van der Waals surface area contributed by atoms with Gasteiger partial charge >= 0.3 is 12.3 Å². The summed E-state index contributed by atoms with van der Waals surface area (Å²) >= 11 is 0. The first-order valence-electron chi connectivity index (χ1n) is 7.02. The molecule has 126 valence electrons.